The lowest BCUT2D eigenvalue weighted by molar-refractivity contribution is 0.319. The number of nitrogens with two attached hydrogens (primary N) is 1. The van der Waals surface area contributed by atoms with Crippen LogP contribution in [0.15, 0.2) is 17.3 Å². The van der Waals surface area contributed by atoms with Crippen LogP contribution in [0.2, 0.25) is 10.0 Å². The minimum atomic E-state index is 0.331. The summed E-state index contributed by atoms with van der Waals surface area (Å²) in [6, 6.07) is 3.19. The first kappa shape index (κ1) is 10.2. The highest BCUT2D eigenvalue weighted by atomic mass is 35.5. The van der Waals surface area contributed by atoms with Crippen LogP contribution in [0.25, 0.3) is 0 Å². The van der Waals surface area contributed by atoms with Gasteiger partial charge in [-0.1, -0.05) is 28.4 Å². The average molecular weight is 219 g/mol. The minimum Gasteiger partial charge on any atom is -0.411 e. The molecule has 1 rings (SSSR count). The molecule has 0 radical (unpaired) electrons. The monoisotopic (exact) mass is 218 g/mol. The number of anilines is 1. The summed E-state index contributed by atoms with van der Waals surface area (Å²) in [7, 11) is 0. The molecule has 0 heterocycles. The minimum absolute atomic E-state index is 0.331. The van der Waals surface area contributed by atoms with Crippen molar-refractivity contribution in [1.82, 2.24) is 0 Å². The lowest BCUT2D eigenvalue weighted by Gasteiger charge is -2.04. The van der Waals surface area contributed by atoms with E-state index in [-0.39, 0.29) is 0 Å². The molecule has 3 nitrogen and oxygen atoms in total. The van der Waals surface area contributed by atoms with E-state index in [1.165, 1.54) is 0 Å². The van der Waals surface area contributed by atoms with Gasteiger partial charge in [-0.3, -0.25) is 0 Å². The predicted molar refractivity (Wildman–Crippen MR) is 54.9 cm³/mol. The molecule has 0 spiro atoms. The molecule has 3 N–H and O–H groups in total. The number of oxime groups is 1. The fourth-order valence-corrected chi connectivity index (χ4v) is 1.34. The summed E-state index contributed by atoms with van der Waals surface area (Å²) in [4.78, 5) is 0. The molecule has 13 heavy (non-hydrogen) atoms. The number of hydrogen-bond donors (Lipinski definition) is 2. The molecule has 0 amide bonds. The molecule has 0 unspecified atom stereocenters. The molecule has 0 aromatic heterocycles. The van der Waals surface area contributed by atoms with Crippen molar-refractivity contribution >= 4 is 34.6 Å². The Morgan fingerprint density at radius 2 is 1.85 bits per heavy atom. The molecule has 70 valence electrons. The van der Waals surface area contributed by atoms with Crippen molar-refractivity contribution in [2.24, 2.45) is 5.16 Å². The highest BCUT2D eigenvalue weighted by Crippen LogP contribution is 2.28. The van der Waals surface area contributed by atoms with Crippen LogP contribution in [0.3, 0.4) is 0 Å². The largest absolute Gasteiger partial charge is 0.411 e. The zero-order valence-corrected chi connectivity index (χ0v) is 8.39. The number of halogens is 2. The molecule has 0 aliphatic rings. The Labute approximate surface area is 85.8 Å². The van der Waals surface area contributed by atoms with Crippen molar-refractivity contribution in [3.8, 4) is 0 Å². The molecule has 0 fully saturated rings. The molecule has 1 aromatic rings. The maximum atomic E-state index is 8.51. The van der Waals surface area contributed by atoms with E-state index >= 15 is 0 Å². The van der Waals surface area contributed by atoms with Crippen LogP contribution in [-0.2, 0) is 0 Å². The standard InChI is InChI=1S/C8H8Cl2N2O/c1-4(12-13)5-2-6(9)8(11)7(10)3-5/h2-3,13H,11H2,1H3/b12-4-. The Bertz CT molecular complexity index is 340. The van der Waals surface area contributed by atoms with E-state index in [4.69, 9.17) is 34.1 Å². The third-order valence-corrected chi connectivity index (χ3v) is 2.27. The molecule has 1 aromatic carbocycles. The van der Waals surface area contributed by atoms with E-state index in [9.17, 15) is 0 Å². The summed E-state index contributed by atoms with van der Waals surface area (Å²) in [6.45, 7) is 1.64. The van der Waals surface area contributed by atoms with Gasteiger partial charge in [-0.2, -0.15) is 0 Å². The first-order valence-electron chi connectivity index (χ1n) is 3.49. The number of hydrogen-bond acceptors (Lipinski definition) is 3. The highest BCUT2D eigenvalue weighted by molar-refractivity contribution is 6.39. The van der Waals surface area contributed by atoms with Crippen molar-refractivity contribution in [2.75, 3.05) is 5.73 Å². The third-order valence-electron chi connectivity index (χ3n) is 1.65. The van der Waals surface area contributed by atoms with E-state index in [2.05, 4.69) is 5.16 Å². The molecule has 0 atom stereocenters. The van der Waals surface area contributed by atoms with Gasteiger partial charge in [0.1, 0.15) is 0 Å². The maximum Gasteiger partial charge on any atom is 0.0838 e. The van der Waals surface area contributed by atoms with Gasteiger partial charge in [-0.25, -0.2) is 0 Å². The number of benzene rings is 1. The van der Waals surface area contributed by atoms with Crippen LogP contribution in [0, 0.1) is 0 Å². The van der Waals surface area contributed by atoms with Gasteiger partial charge in [0.25, 0.3) is 0 Å². The molecular formula is C8H8Cl2N2O. The predicted octanol–water partition coefficient (Wildman–Crippen LogP) is 2.77. The number of nitrogens with zero attached hydrogens (tertiary/aromatic N) is 1. The van der Waals surface area contributed by atoms with Crippen molar-refractivity contribution < 1.29 is 5.21 Å². The Kier molecular flexibility index (Phi) is 3.01. The van der Waals surface area contributed by atoms with Crippen LogP contribution in [0.4, 0.5) is 5.69 Å². The second-order valence-electron chi connectivity index (χ2n) is 2.54. The summed E-state index contributed by atoms with van der Waals surface area (Å²) in [5.41, 5.74) is 6.94. The van der Waals surface area contributed by atoms with Crippen LogP contribution in [-0.4, -0.2) is 10.9 Å². The van der Waals surface area contributed by atoms with Gasteiger partial charge in [-0.05, 0) is 19.1 Å². The van der Waals surface area contributed by atoms with Gasteiger partial charge in [-0.15, -0.1) is 0 Å². The maximum absolute atomic E-state index is 8.51. The van der Waals surface area contributed by atoms with E-state index in [0.29, 0.717) is 27.0 Å². The molecule has 5 heteroatoms. The van der Waals surface area contributed by atoms with Crippen LogP contribution in [0.5, 0.6) is 0 Å². The number of nitrogen functional groups attached to an aromatic ring is 1. The zero-order chi connectivity index (χ0) is 10.0. The van der Waals surface area contributed by atoms with Crippen molar-refractivity contribution in [2.45, 2.75) is 6.92 Å². The van der Waals surface area contributed by atoms with E-state index < -0.39 is 0 Å². The Morgan fingerprint density at radius 1 is 1.38 bits per heavy atom. The first-order chi connectivity index (χ1) is 6.06. The van der Waals surface area contributed by atoms with Crippen LogP contribution < -0.4 is 5.73 Å². The lowest BCUT2D eigenvalue weighted by Crippen LogP contribution is -1.97. The summed E-state index contributed by atoms with van der Waals surface area (Å²) in [5, 5.41) is 12.2. The normalized spacial score (nSPS) is 11.8. The van der Waals surface area contributed by atoms with Gasteiger partial charge >= 0.3 is 0 Å². The van der Waals surface area contributed by atoms with Crippen LogP contribution in [0.1, 0.15) is 12.5 Å². The quantitative estimate of drug-likeness (QED) is 0.330. The second kappa shape index (κ2) is 3.85. The van der Waals surface area contributed by atoms with Crippen LogP contribution >= 0.6 is 23.2 Å². The van der Waals surface area contributed by atoms with E-state index in [0.717, 1.165) is 0 Å². The highest BCUT2D eigenvalue weighted by Gasteiger charge is 2.06. The first-order valence-corrected chi connectivity index (χ1v) is 4.25. The van der Waals surface area contributed by atoms with Gasteiger partial charge in [0.15, 0.2) is 0 Å². The molecular weight excluding hydrogens is 211 g/mol. The summed E-state index contributed by atoms with van der Waals surface area (Å²) < 4.78 is 0. The topological polar surface area (TPSA) is 58.6 Å². The molecule has 0 bridgehead atoms. The zero-order valence-electron chi connectivity index (χ0n) is 6.88. The fourth-order valence-electron chi connectivity index (χ4n) is 0.851. The van der Waals surface area contributed by atoms with Gasteiger partial charge in [0, 0.05) is 5.56 Å². The average Bonchev–Trinajstić information content (AvgIpc) is 2.12. The SMILES string of the molecule is C/C(=N/O)c1cc(Cl)c(N)c(Cl)c1. The Hall–Kier alpha value is -0.930. The van der Waals surface area contributed by atoms with E-state index in [1.54, 1.807) is 19.1 Å². The third kappa shape index (κ3) is 2.05. The van der Waals surface area contributed by atoms with Crippen molar-refractivity contribution in [3.05, 3.63) is 27.7 Å². The molecule has 0 saturated heterocycles. The Morgan fingerprint density at radius 3 is 2.23 bits per heavy atom. The number of rotatable bonds is 1. The Balaban J connectivity index is 3.29. The van der Waals surface area contributed by atoms with Crippen molar-refractivity contribution in [3.63, 3.8) is 0 Å². The lowest BCUT2D eigenvalue weighted by atomic mass is 10.1. The summed E-state index contributed by atoms with van der Waals surface area (Å²) in [6.07, 6.45) is 0. The molecule has 0 aliphatic heterocycles. The second-order valence-corrected chi connectivity index (χ2v) is 3.35. The van der Waals surface area contributed by atoms with Gasteiger partial charge in [0.05, 0.1) is 21.4 Å². The summed E-state index contributed by atoms with van der Waals surface area (Å²) in [5.74, 6) is 0. The molecule has 0 saturated carbocycles. The van der Waals surface area contributed by atoms with E-state index in [1.807, 2.05) is 0 Å². The smallest absolute Gasteiger partial charge is 0.0838 e. The summed E-state index contributed by atoms with van der Waals surface area (Å²) >= 11 is 11.5. The van der Waals surface area contributed by atoms with Gasteiger partial charge in [0.2, 0.25) is 0 Å². The fraction of sp³-hybridized carbons (Fsp3) is 0.125. The molecule has 0 aliphatic carbocycles. The van der Waals surface area contributed by atoms with Crippen molar-refractivity contribution in [1.29, 1.82) is 0 Å². The van der Waals surface area contributed by atoms with Gasteiger partial charge < -0.3 is 10.9 Å².